The molecular weight excluding hydrogens is 380 g/mol. The molecule has 2 aliphatic rings. The molecule has 0 N–H and O–H groups in total. The van der Waals surface area contributed by atoms with Crippen LogP contribution in [0.3, 0.4) is 0 Å². The summed E-state index contributed by atoms with van der Waals surface area (Å²) in [4.78, 5) is 26.2. The van der Waals surface area contributed by atoms with E-state index in [2.05, 4.69) is 0 Å². The molecule has 0 spiro atoms. The van der Waals surface area contributed by atoms with Gasteiger partial charge >= 0.3 is 5.97 Å². The van der Waals surface area contributed by atoms with E-state index in [-0.39, 0.29) is 23.0 Å². The predicted octanol–water partition coefficient (Wildman–Crippen LogP) is 2.42. The van der Waals surface area contributed by atoms with Gasteiger partial charge in [0.05, 0.1) is 10.5 Å². The summed E-state index contributed by atoms with van der Waals surface area (Å²) < 4.78 is 32.2. The highest BCUT2D eigenvalue weighted by atomic mass is 32.2. The van der Waals surface area contributed by atoms with E-state index in [9.17, 15) is 18.0 Å². The summed E-state index contributed by atoms with van der Waals surface area (Å²) in [5.41, 5.74) is 0.237. The predicted molar refractivity (Wildman–Crippen MR) is 104 cm³/mol. The number of rotatable bonds is 5. The Morgan fingerprint density at radius 2 is 1.36 bits per heavy atom. The average Bonchev–Trinajstić information content (AvgIpc) is 3.02. The van der Waals surface area contributed by atoms with E-state index in [1.54, 1.807) is 4.90 Å². The van der Waals surface area contributed by atoms with Crippen LogP contribution in [0.1, 0.15) is 55.3 Å². The summed E-state index contributed by atoms with van der Waals surface area (Å²) in [6, 6.07) is 5.75. The number of likely N-dealkylation sites (tertiary alicyclic amines) is 1. The minimum Gasteiger partial charge on any atom is -0.452 e. The summed E-state index contributed by atoms with van der Waals surface area (Å²) in [5.74, 6) is -0.808. The van der Waals surface area contributed by atoms with Crippen LogP contribution in [0.2, 0.25) is 0 Å². The highest BCUT2D eigenvalue weighted by Crippen LogP contribution is 2.21. The molecule has 0 bridgehead atoms. The van der Waals surface area contributed by atoms with Crippen LogP contribution < -0.4 is 0 Å². The Hall–Kier alpha value is -1.93. The van der Waals surface area contributed by atoms with E-state index in [0.717, 1.165) is 44.9 Å². The molecule has 2 aliphatic heterocycles. The average molecular weight is 409 g/mol. The molecule has 1 amide bonds. The lowest BCUT2D eigenvalue weighted by atomic mass is 10.1. The Morgan fingerprint density at radius 3 is 1.96 bits per heavy atom. The van der Waals surface area contributed by atoms with Crippen molar-refractivity contribution in [2.45, 2.75) is 49.8 Å². The molecule has 8 heteroatoms. The highest BCUT2D eigenvalue weighted by molar-refractivity contribution is 7.89. The van der Waals surface area contributed by atoms with Gasteiger partial charge in [0, 0.05) is 26.2 Å². The first-order chi connectivity index (χ1) is 13.5. The number of benzene rings is 1. The molecule has 2 heterocycles. The normalized spacial score (nSPS) is 19.1. The number of hydrogen-bond donors (Lipinski definition) is 0. The first kappa shape index (κ1) is 20.8. The zero-order valence-corrected chi connectivity index (χ0v) is 17.0. The molecule has 154 valence electrons. The summed E-state index contributed by atoms with van der Waals surface area (Å²) in [7, 11) is -3.55. The van der Waals surface area contributed by atoms with Crippen LogP contribution >= 0.6 is 0 Å². The number of piperidine rings is 1. The number of esters is 1. The Kier molecular flexibility index (Phi) is 7.07. The first-order valence-electron chi connectivity index (χ1n) is 10.0. The van der Waals surface area contributed by atoms with Gasteiger partial charge in [0.1, 0.15) is 0 Å². The second-order valence-corrected chi connectivity index (χ2v) is 9.30. The smallest absolute Gasteiger partial charge is 0.338 e. The molecule has 2 saturated heterocycles. The lowest BCUT2D eigenvalue weighted by Gasteiger charge is -2.26. The van der Waals surface area contributed by atoms with Gasteiger partial charge in [-0.05, 0) is 56.4 Å². The molecule has 0 unspecified atom stereocenters. The van der Waals surface area contributed by atoms with Crippen molar-refractivity contribution in [1.29, 1.82) is 0 Å². The van der Waals surface area contributed by atoms with Gasteiger partial charge in [-0.1, -0.05) is 12.8 Å². The first-order valence-corrected chi connectivity index (χ1v) is 11.5. The van der Waals surface area contributed by atoms with E-state index < -0.39 is 16.0 Å². The Bertz CT molecular complexity index is 777. The quantitative estimate of drug-likeness (QED) is 0.699. The number of ether oxygens (including phenoxy) is 1. The molecule has 7 nitrogen and oxygen atoms in total. The van der Waals surface area contributed by atoms with E-state index in [0.29, 0.717) is 26.2 Å². The summed E-state index contributed by atoms with van der Waals surface area (Å²) in [6.07, 6.45) is 6.92. The highest BCUT2D eigenvalue weighted by Gasteiger charge is 2.25. The second-order valence-electron chi connectivity index (χ2n) is 7.36. The van der Waals surface area contributed by atoms with Crippen LogP contribution in [0, 0.1) is 0 Å². The minimum atomic E-state index is -3.55. The summed E-state index contributed by atoms with van der Waals surface area (Å²) in [5, 5.41) is 0. The fourth-order valence-corrected chi connectivity index (χ4v) is 5.16. The van der Waals surface area contributed by atoms with Gasteiger partial charge in [0.15, 0.2) is 6.61 Å². The van der Waals surface area contributed by atoms with Crippen LogP contribution in [-0.2, 0) is 19.6 Å². The Morgan fingerprint density at radius 1 is 0.821 bits per heavy atom. The standard InChI is InChI=1S/C20H28N2O5S/c23-19(21-12-4-3-5-13-21)16-27-20(24)17-8-10-18(11-9-17)28(25,26)22-14-6-1-2-7-15-22/h8-11H,1-7,12-16H2. The van der Waals surface area contributed by atoms with Gasteiger partial charge in [-0.15, -0.1) is 0 Å². The molecule has 0 saturated carbocycles. The van der Waals surface area contributed by atoms with Gasteiger partial charge in [0.25, 0.3) is 5.91 Å². The molecule has 0 radical (unpaired) electrons. The molecular formula is C20H28N2O5S. The van der Waals surface area contributed by atoms with Gasteiger partial charge < -0.3 is 9.64 Å². The lowest BCUT2D eigenvalue weighted by Crippen LogP contribution is -2.38. The van der Waals surface area contributed by atoms with Crippen LogP contribution in [0.25, 0.3) is 0 Å². The Balaban J connectivity index is 1.58. The van der Waals surface area contributed by atoms with Crippen molar-refractivity contribution in [1.82, 2.24) is 9.21 Å². The summed E-state index contributed by atoms with van der Waals surface area (Å²) >= 11 is 0. The maximum Gasteiger partial charge on any atom is 0.338 e. The van der Waals surface area contributed by atoms with Gasteiger partial charge in [-0.3, -0.25) is 4.79 Å². The zero-order valence-electron chi connectivity index (χ0n) is 16.1. The van der Waals surface area contributed by atoms with E-state index in [1.165, 1.54) is 28.6 Å². The van der Waals surface area contributed by atoms with Crippen molar-refractivity contribution in [2.24, 2.45) is 0 Å². The third-order valence-corrected chi connectivity index (χ3v) is 7.24. The maximum atomic E-state index is 12.8. The second kappa shape index (κ2) is 9.52. The molecule has 0 atom stereocenters. The fourth-order valence-electron chi connectivity index (χ4n) is 3.64. The molecule has 28 heavy (non-hydrogen) atoms. The maximum absolute atomic E-state index is 12.8. The van der Waals surface area contributed by atoms with Crippen molar-refractivity contribution in [3.63, 3.8) is 0 Å². The number of hydrogen-bond acceptors (Lipinski definition) is 5. The van der Waals surface area contributed by atoms with Crippen molar-refractivity contribution in [3.8, 4) is 0 Å². The molecule has 0 aromatic heterocycles. The topological polar surface area (TPSA) is 84.0 Å². The van der Waals surface area contributed by atoms with E-state index in [1.807, 2.05) is 0 Å². The third kappa shape index (κ3) is 5.11. The van der Waals surface area contributed by atoms with Crippen molar-refractivity contribution >= 4 is 21.9 Å². The molecule has 1 aromatic rings. The van der Waals surface area contributed by atoms with Crippen LogP contribution in [0.15, 0.2) is 29.2 Å². The zero-order chi connectivity index (χ0) is 20.0. The number of carbonyl (C=O) groups excluding carboxylic acids is 2. The van der Waals surface area contributed by atoms with Crippen molar-refractivity contribution in [2.75, 3.05) is 32.8 Å². The third-order valence-electron chi connectivity index (χ3n) is 5.33. The molecule has 3 rings (SSSR count). The monoisotopic (exact) mass is 408 g/mol. The SMILES string of the molecule is O=C(OCC(=O)N1CCCCC1)c1ccc(S(=O)(=O)N2CCCCCC2)cc1. The van der Waals surface area contributed by atoms with E-state index in [4.69, 9.17) is 4.74 Å². The molecule has 0 aliphatic carbocycles. The Labute approximate surface area is 166 Å². The van der Waals surface area contributed by atoms with E-state index >= 15 is 0 Å². The summed E-state index contributed by atoms with van der Waals surface area (Å²) in [6.45, 7) is 2.20. The largest absolute Gasteiger partial charge is 0.452 e. The van der Waals surface area contributed by atoms with Gasteiger partial charge in [-0.2, -0.15) is 4.31 Å². The lowest BCUT2D eigenvalue weighted by molar-refractivity contribution is -0.135. The van der Waals surface area contributed by atoms with Crippen LogP contribution in [0.4, 0.5) is 0 Å². The molecule has 2 fully saturated rings. The van der Waals surface area contributed by atoms with Gasteiger partial charge in [0.2, 0.25) is 10.0 Å². The fraction of sp³-hybridized carbons (Fsp3) is 0.600. The van der Waals surface area contributed by atoms with Crippen molar-refractivity contribution < 1.29 is 22.7 Å². The number of amides is 1. The minimum absolute atomic E-state index is 0.176. The van der Waals surface area contributed by atoms with Gasteiger partial charge in [-0.25, -0.2) is 13.2 Å². The number of nitrogens with zero attached hydrogens (tertiary/aromatic N) is 2. The number of sulfonamides is 1. The van der Waals surface area contributed by atoms with Crippen molar-refractivity contribution in [3.05, 3.63) is 29.8 Å². The molecule has 1 aromatic carbocycles. The van der Waals surface area contributed by atoms with Crippen LogP contribution in [0.5, 0.6) is 0 Å². The number of carbonyl (C=O) groups is 2. The van der Waals surface area contributed by atoms with Crippen LogP contribution in [-0.4, -0.2) is 62.3 Å².